The smallest absolute Gasteiger partial charge is 0.288 e. The Balaban J connectivity index is 1.45. The molecule has 1 N–H and O–H groups in total. The van der Waals surface area contributed by atoms with Gasteiger partial charge in [-0.05, 0) is 12.8 Å². The van der Waals surface area contributed by atoms with Gasteiger partial charge in [0.25, 0.3) is 5.91 Å². The van der Waals surface area contributed by atoms with Crippen molar-refractivity contribution >= 4 is 39.6 Å². The van der Waals surface area contributed by atoms with Crippen molar-refractivity contribution in [3.63, 3.8) is 0 Å². The Morgan fingerprint density at radius 3 is 2.62 bits per heavy atom. The van der Waals surface area contributed by atoms with E-state index in [9.17, 15) is 9.59 Å². The maximum absolute atomic E-state index is 12.2. The Morgan fingerprint density at radius 1 is 1.12 bits per heavy atom. The Kier molecular flexibility index (Phi) is 6.58. The van der Waals surface area contributed by atoms with Gasteiger partial charge < -0.3 is 9.64 Å². The lowest BCUT2D eigenvalue weighted by atomic mass is 10.2. The molecule has 1 aliphatic heterocycles. The van der Waals surface area contributed by atoms with Crippen LogP contribution in [0.1, 0.15) is 39.6 Å². The predicted octanol–water partition coefficient (Wildman–Crippen LogP) is 1.39. The highest BCUT2D eigenvalue weighted by Crippen LogP contribution is 2.18. The number of nitrogens with zero attached hydrogens (tertiary/aromatic N) is 5. The van der Waals surface area contributed by atoms with Gasteiger partial charge in [-0.3, -0.25) is 14.9 Å². The van der Waals surface area contributed by atoms with Crippen LogP contribution in [0.2, 0.25) is 0 Å². The zero-order valence-electron chi connectivity index (χ0n) is 14.4. The molecule has 2 aromatic rings. The Hall–Kier alpha value is -1.98. The molecule has 2 amide bonds. The number of carbonyl (C=O) groups excluding carboxylic acids is 2. The fourth-order valence-electron chi connectivity index (χ4n) is 2.41. The van der Waals surface area contributed by atoms with Crippen LogP contribution >= 0.6 is 22.7 Å². The van der Waals surface area contributed by atoms with E-state index >= 15 is 0 Å². The summed E-state index contributed by atoms with van der Waals surface area (Å²) in [6, 6.07) is 0. The van der Waals surface area contributed by atoms with Gasteiger partial charge >= 0.3 is 0 Å². The second kappa shape index (κ2) is 9.10. The summed E-state index contributed by atoms with van der Waals surface area (Å²) < 4.78 is 5.24. The third kappa shape index (κ3) is 5.02. The molecular formula is C15H20N6O3S2. The second-order valence-electron chi connectivity index (χ2n) is 5.66. The van der Waals surface area contributed by atoms with Gasteiger partial charge in [0, 0.05) is 25.9 Å². The van der Waals surface area contributed by atoms with Crippen molar-refractivity contribution in [3.8, 4) is 0 Å². The SMILES string of the molecule is CCc1nnc(NC(=O)c2nnc(CCCC(=O)N3CCOCC3)s2)s1. The Morgan fingerprint density at radius 2 is 1.88 bits per heavy atom. The molecule has 0 aliphatic carbocycles. The molecule has 1 fully saturated rings. The first kappa shape index (κ1) is 18.8. The first-order valence-corrected chi connectivity index (χ1v) is 10.1. The van der Waals surface area contributed by atoms with E-state index in [1.54, 1.807) is 0 Å². The Labute approximate surface area is 158 Å². The molecule has 1 saturated heterocycles. The molecule has 0 atom stereocenters. The number of hydrogen-bond acceptors (Lipinski definition) is 9. The lowest BCUT2D eigenvalue weighted by molar-refractivity contribution is -0.135. The van der Waals surface area contributed by atoms with Gasteiger partial charge in [0.2, 0.25) is 16.0 Å². The molecule has 3 rings (SSSR count). The van der Waals surface area contributed by atoms with Gasteiger partial charge in [0.1, 0.15) is 10.0 Å². The lowest BCUT2D eigenvalue weighted by Crippen LogP contribution is -2.40. The van der Waals surface area contributed by atoms with E-state index in [0.29, 0.717) is 50.7 Å². The van der Waals surface area contributed by atoms with E-state index in [-0.39, 0.29) is 16.8 Å². The molecule has 0 aromatic carbocycles. The van der Waals surface area contributed by atoms with Crippen LogP contribution in [0.3, 0.4) is 0 Å². The van der Waals surface area contributed by atoms with Gasteiger partial charge in [-0.1, -0.05) is 29.6 Å². The van der Waals surface area contributed by atoms with Crippen molar-refractivity contribution in [3.05, 3.63) is 15.0 Å². The van der Waals surface area contributed by atoms with Crippen molar-refractivity contribution < 1.29 is 14.3 Å². The Bertz CT molecular complexity index is 756. The van der Waals surface area contributed by atoms with Crippen LogP contribution in [0.15, 0.2) is 0 Å². The van der Waals surface area contributed by atoms with Crippen molar-refractivity contribution in [1.29, 1.82) is 0 Å². The fraction of sp³-hybridized carbons (Fsp3) is 0.600. The number of aromatic nitrogens is 4. The number of morpholine rings is 1. The largest absolute Gasteiger partial charge is 0.378 e. The maximum Gasteiger partial charge on any atom is 0.288 e. The van der Waals surface area contributed by atoms with Gasteiger partial charge in [-0.2, -0.15) is 0 Å². The van der Waals surface area contributed by atoms with Crippen molar-refractivity contribution in [2.75, 3.05) is 31.6 Å². The second-order valence-corrected chi connectivity index (χ2v) is 7.78. The summed E-state index contributed by atoms with van der Waals surface area (Å²) in [5.74, 6) is -0.198. The molecular weight excluding hydrogens is 376 g/mol. The van der Waals surface area contributed by atoms with Gasteiger partial charge in [0.15, 0.2) is 0 Å². The zero-order valence-corrected chi connectivity index (χ0v) is 16.1. The number of aryl methyl sites for hydroxylation is 2. The first-order chi connectivity index (χ1) is 12.7. The first-order valence-electron chi connectivity index (χ1n) is 8.47. The number of hydrogen-bond donors (Lipinski definition) is 1. The average Bonchev–Trinajstić information content (AvgIpc) is 3.32. The predicted molar refractivity (Wildman–Crippen MR) is 97.5 cm³/mol. The van der Waals surface area contributed by atoms with Crippen LogP contribution in [-0.4, -0.2) is 63.4 Å². The van der Waals surface area contributed by atoms with Gasteiger partial charge in [-0.15, -0.1) is 20.4 Å². The van der Waals surface area contributed by atoms with Gasteiger partial charge in [0.05, 0.1) is 13.2 Å². The van der Waals surface area contributed by atoms with Crippen LogP contribution in [0.25, 0.3) is 0 Å². The molecule has 0 radical (unpaired) electrons. The molecule has 0 saturated carbocycles. The number of amides is 2. The summed E-state index contributed by atoms with van der Waals surface area (Å²) in [5, 5.41) is 20.9. The van der Waals surface area contributed by atoms with E-state index in [2.05, 4.69) is 25.7 Å². The van der Waals surface area contributed by atoms with E-state index < -0.39 is 0 Å². The van der Waals surface area contributed by atoms with E-state index in [1.807, 2.05) is 11.8 Å². The summed E-state index contributed by atoms with van der Waals surface area (Å²) in [7, 11) is 0. The van der Waals surface area contributed by atoms with E-state index in [0.717, 1.165) is 16.4 Å². The van der Waals surface area contributed by atoms with E-state index in [4.69, 9.17) is 4.74 Å². The third-order valence-corrected chi connectivity index (χ3v) is 5.76. The highest BCUT2D eigenvalue weighted by molar-refractivity contribution is 7.16. The molecule has 0 bridgehead atoms. The number of carbonyl (C=O) groups is 2. The van der Waals surface area contributed by atoms with Crippen molar-refractivity contribution in [1.82, 2.24) is 25.3 Å². The number of anilines is 1. The van der Waals surface area contributed by atoms with Crippen LogP contribution in [-0.2, 0) is 22.4 Å². The summed E-state index contributed by atoms with van der Waals surface area (Å²) in [5.41, 5.74) is 0. The van der Waals surface area contributed by atoms with Crippen LogP contribution < -0.4 is 5.32 Å². The van der Waals surface area contributed by atoms with Gasteiger partial charge in [-0.25, -0.2) is 0 Å². The summed E-state index contributed by atoms with van der Waals surface area (Å²) in [6.07, 6.45) is 2.55. The summed E-state index contributed by atoms with van der Waals surface area (Å²) in [4.78, 5) is 26.1. The standard InChI is InChI=1S/C15H20N6O3S2/c1-2-10-17-20-15(26-10)16-13(23)14-19-18-11(25-14)4-3-5-12(22)21-6-8-24-9-7-21/h2-9H2,1H3,(H,16,20,23). The highest BCUT2D eigenvalue weighted by atomic mass is 32.1. The topological polar surface area (TPSA) is 110 Å². The highest BCUT2D eigenvalue weighted by Gasteiger charge is 2.18. The fourth-order valence-corrected chi connectivity index (χ4v) is 3.86. The molecule has 140 valence electrons. The lowest BCUT2D eigenvalue weighted by Gasteiger charge is -2.26. The normalized spacial score (nSPS) is 14.4. The number of rotatable bonds is 7. The maximum atomic E-state index is 12.2. The monoisotopic (exact) mass is 396 g/mol. The van der Waals surface area contributed by atoms with Crippen molar-refractivity contribution in [2.45, 2.75) is 32.6 Å². The minimum Gasteiger partial charge on any atom is -0.378 e. The molecule has 26 heavy (non-hydrogen) atoms. The molecule has 1 aliphatic rings. The third-order valence-electron chi connectivity index (χ3n) is 3.80. The minimum absolute atomic E-state index is 0.138. The van der Waals surface area contributed by atoms with Crippen LogP contribution in [0, 0.1) is 0 Å². The molecule has 0 unspecified atom stereocenters. The van der Waals surface area contributed by atoms with E-state index in [1.165, 1.54) is 22.7 Å². The van der Waals surface area contributed by atoms with Crippen LogP contribution in [0.4, 0.5) is 5.13 Å². The quantitative estimate of drug-likeness (QED) is 0.753. The molecule has 0 spiro atoms. The average molecular weight is 396 g/mol. The number of nitrogens with one attached hydrogen (secondary N) is 1. The minimum atomic E-state index is -0.336. The summed E-state index contributed by atoms with van der Waals surface area (Å²) in [6.45, 7) is 4.51. The molecule has 9 nitrogen and oxygen atoms in total. The number of ether oxygens (including phenoxy) is 1. The molecule has 11 heteroatoms. The van der Waals surface area contributed by atoms with Crippen molar-refractivity contribution in [2.24, 2.45) is 0 Å². The molecule has 3 heterocycles. The molecule has 2 aromatic heterocycles. The summed E-state index contributed by atoms with van der Waals surface area (Å²) >= 11 is 2.58. The van der Waals surface area contributed by atoms with Crippen LogP contribution in [0.5, 0.6) is 0 Å². The zero-order chi connectivity index (χ0) is 18.4.